The lowest BCUT2D eigenvalue weighted by atomic mass is 9.92. The molecule has 0 fully saturated rings. The van der Waals surface area contributed by atoms with Gasteiger partial charge in [0.05, 0.1) is 34.1 Å². The zero-order valence-corrected chi connectivity index (χ0v) is 17.5. The van der Waals surface area contributed by atoms with Crippen LogP contribution in [0.5, 0.6) is 23.0 Å². The van der Waals surface area contributed by atoms with Gasteiger partial charge in [0, 0.05) is 12.6 Å². The Morgan fingerprint density at radius 3 is 2.21 bits per heavy atom. The molecule has 1 atom stereocenters. The van der Waals surface area contributed by atoms with Crippen molar-refractivity contribution in [3.63, 3.8) is 0 Å². The van der Waals surface area contributed by atoms with Crippen molar-refractivity contribution >= 4 is 11.3 Å². The molecule has 0 aromatic heterocycles. The molecule has 1 unspecified atom stereocenters. The summed E-state index contributed by atoms with van der Waals surface area (Å²) < 4.78 is 22.4. The van der Waals surface area contributed by atoms with Crippen LogP contribution < -0.4 is 24.3 Å². The summed E-state index contributed by atoms with van der Waals surface area (Å²) in [5, 5.41) is 3.22. The minimum absolute atomic E-state index is 0.434. The Balaban J connectivity index is 2.26. The number of anilines is 1. The third kappa shape index (κ3) is 3.49. The molecule has 0 radical (unpaired) electrons. The fraction of sp³-hybridized carbons (Fsp3) is 0.391. The summed E-state index contributed by atoms with van der Waals surface area (Å²) in [6, 6.07) is 8.27. The Morgan fingerprint density at radius 1 is 0.893 bits per heavy atom. The van der Waals surface area contributed by atoms with Gasteiger partial charge in [-0.05, 0) is 53.7 Å². The van der Waals surface area contributed by atoms with Crippen LogP contribution in [0.2, 0.25) is 0 Å². The fourth-order valence-corrected chi connectivity index (χ4v) is 3.86. The van der Waals surface area contributed by atoms with Gasteiger partial charge < -0.3 is 24.3 Å². The second-order valence-electron chi connectivity index (χ2n) is 6.93. The third-order valence-corrected chi connectivity index (χ3v) is 5.30. The van der Waals surface area contributed by atoms with Crippen molar-refractivity contribution in [2.45, 2.75) is 19.8 Å². The predicted molar refractivity (Wildman–Crippen MR) is 113 cm³/mol. The summed E-state index contributed by atoms with van der Waals surface area (Å²) in [4.78, 5) is 0. The van der Waals surface area contributed by atoms with Gasteiger partial charge in [0.1, 0.15) is 5.75 Å². The Hall–Kier alpha value is -2.82. The van der Waals surface area contributed by atoms with E-state index < -0.39 is 0 Å². The minimum Gasteiger partial charge on any atom is -0.495 e. The summed E-state index contributed by atoms with van der Waals surface area (Å²) in [5.74, 6) is 3.31. The summed E-state index contributed by atoms with van der Waals surface area (Å²) in [6.07, 6.45) is 4.28. The highest BCUT2D eigenvalue weighted by Crippen LogP contribution is 2.47. The number of fused-ring (bicyclic) bond motifs is 1. The number of nitrogens with one attached hydrogen (secondary N) is 1. The van der Waals surface area contributed by atoms with Crippen molar-refractivity contribution in [1.29, 1.82) is 0 Å². The molecule has 2 aromatic carbocycles. The van der Waals surface area contributed by atoms with E-state index in [-0.39, 0.29) is 0 Å². The largest absolute Gasteiger partial charge is 0.495 e. The summed E-state index contributed by atoms with van der Waals surface area (Å²) in [7, 11) is 8.56. The molecule has 0 heterocycles. The SMILES string of the molecule is CNc1cc(C2=CC(C)CCc3c2cc(OC)c(OC)c3OC)ccc1OC. The Bertz CT molecular complexity index is 889. The minimum atomic E-state index is 0.434. The van der Waals surface area contributed by atoms with Crippen molar-refractivity contribution in [1.82, 2.24) is 0 Å². The van der Waals surface area contributed by atoms with Gasteiger partial charge in [-0.3, -0.25) is 0 Å². The fourth-order valence-electron chi connectivity index (χ4n) is 3.86. The summed E-state index contributed by atoms with van der Waals surface area (Å²) in [5.41, 5.74) is 5.50. The molecular weight excluding hydrogens is 354 g/mol. The second kappa shape index (κ2) is 8.46. The van der Waals surface area contributed by atoms with Crippen LogP contribution in [-0.4, -0.2) is 35.5 Å². The smallest absolute Gasteiger partial charge is 0.203 e. The molecule has 3 rings (SSSR count). The van der Waals surface area contributed by atoms with E-state index in [1.807, 2.05) is 13.1 Å². The maximum absolute atomic E-state index is 5.77. The van der Waals surface area contributed by atoms with Crippen molar-refractivity contribution < 1.29 is 18.9 Å². The van der Waals surface area contributed by atoms with Crippen LogP contribution >= 0.6 is 0 Å². The molecule has 0 saturated heterocycles. The molecule has 0 bridgehead atoms. The first-order valence-electron chi connectivity index (χ1n) is 9.48. The monoisotopic (exact) mass is 383 g/mol. The Morgan fingerprint density at radius 2 is 1.61 bits per heavy atom. The van der Waals surface area contributed by atoms with Gasteiger partial charge in [-0.2, -0.15) is 0 Å². The molecule has 0 aliphatic heterocycles. The van der Waals surface area contributed by atoms with Crippen LogP contribution in [0.1, 0.15) is 30.0 Å². The average molecular weight is 383 g/mol. The second-order valence-corrected chi connectivity index (χ2v) is 6.93. The number of methoxy groups -OCH3 is 4. The highest BCUT2D eigenvalue weighted by molar-refractivity contribution is 5.86. The number of ether oxygens (including phenoxy) is 4. The lowest BCUT2D eigenvalue weighted by molar-refractivity contribution is 0.321. The number of hydrogen-bond acceptors (Lipinski definition) is 5. The molecule has 0 spiro atoms. The summed E-state index contributed by atoms with van der Waals surface area (Å²) in [6.45, 7) is 2.25. The molecule has 5 heteroatoms. The third-order valence-electron chi connectivity index (χ3n) is 5.30. The molecule has 1 N–H and O–H groups in total. The van der Waals surface area contributed by atoms with Crippen molar-refractivity contribution in [2.24, 2.45) is 5.92 Å². The molecule has 0 amide bonds. The van der Waals surface area contributed by atoms with Crippen molar-refractivity contribution in [2.75, 3.05) is 40.8 Å². The van der Waals surface area contributed by atoms with Gasteiger partial charge in [-0.15, -0.1) is 0 Å². The molecule has 150 valence electrons. The van der Waals surface area contributed by atoms with Gasteiger partial charge in [0.15, 0.2) is 11.5 Å². The number of allylic oxidation sites excluding steroid dienone is 1. The molecule has 1 aliphatic carbocycles. The first-order valence-corrected chi connectivity index (χ1v) is 9.48. The standard InChI is InChI=1S/C23H29NO4/c1-14-7-9-16-18(13-21(26-4)23(28-6)22(16)27-5)17(11-14)15-8-10-20(25-3)19(12-15)24-2/h8,10-14,24H,7,9H2,1-6H3. The van der Waals surface area contributed by atoms with Crippen LogP contribution in [0, 0.1) is 5.92 Å². The van der Waals surface area contributed by atoms with Gasteiger partial charge >= 0.3 is 0 Å². The van der Waals surface area contributed by atoms with Crippen molar-refractivity contribution in [3.05, 3.63) is 47.0 Å². The van der Waals surface area contributed by atoms with E-state index in [2.05, 4.69) is 36.5 Å². The van der Waals surface area contributed by atoms with Crippen molar-refractivity contribution in [3.8, 4) is 23.0 Å². The first kappa shape index (κ1) is 19.9. The molecule has 0 saturated carbocycles. The Labute approximate surface area is 167 Å². The van der Waals surface area contributed by atoms with E-state index in [1.54, 1.807) is 28.4 Å². The zero-order chi connectivity index (χ0) is 20.3. The van der Waals surface area contributed by atoms with E-state index in [1.165, 1.54) is 5.57 Å². The Kier molecular flexibility index (Phi) is 6.02. The predicted octanol–water partition coefficient (Wildman–Crippen LogP) is 4.78. The normalized spacial score (nSPS) is 15.8. The maximum atomic E-state index is 5.77. The van der Waals surface area contributed by atoms with Crippen LogP contribution in [0.4, 0.5) is 5.69 Å². The highest BCUT2D eigenvalue weighted by Gasteiger charge is 2.25. The summed E-state index contributed by atoms with van der Waals surface area (Å²) >= 11 is 0. The molecule has 2 aromatic rings. The average Bonchev–Trinajstić information content (AvgIpc) is 2.90. The molecule has 5 nitrogen and oxygen atoms in total. The molecule has 1 aliphatic rings. The highest BCUT2D eigenvalue weighted by atomic mass is 16.5. The lowest BCUT2D eigenvalue weighted by Gasteiger charge is -2.20. The number of rotatable bonds is 6. The van der Waals surface area contributed by atoms with E-state index in [4.69, 9.17) is 18.9 Å². The molecule has 28 heavy (non-hydrogen) atoms. The van der Waals surface area contributed by atoms with Crippen LogP contribution in [0.15, 0.2) is 30.3 Å². The quantitative estimate of drug-likeness (QED) is 0.778. The van der Waals surface area contributed by atoms with Gasteiger partial charge in [0.25, 0.3) is 0 Å². The van der Waals surface area contributed by atoms with E-state index >= 15 is 0 Å². The lowest BCUT2D eigenvalue weighted by Crippen LogP contribution is -2.03. The number of benzene rings is 2. The van der Waals surface area contributed by atoms with Crippen LogP contribution in [0.25, 0.3) is 5.57 Å². The van der Waals surface area contributed by atoms with Crippen LogP contribution in [-0.2, 0) is 6.42 Å². The van der Waals surface area contributed by atoms with E-state index in [0.717, 1.165) is 46.7 Å². The topological polar surface area (TPSA) is 49.0 Å². The van der Waals surface area contributed by atoms with Gasteiger partial charge in [-0.25, -0.2) is 0 Å². The number of hydrogen-bond donors (Lipinski definition) is 1. The maximum Gasteiger partial charge on any atom is 0.203 e. The van der Waals surface area contributed by atoms with Crippen LogP contribution in [0.3, 0.4) is 0 Å². The van der Waals surface area contributed by atoms with Gasteiger partial charge in [-0.1, -0.05) is 19.1 Å². The zero-order valence-electron chi connectivity index (χ0n) is 17.5. The first-order chi connectivity index (χ1) is 13.6. The van der Waals surface area contributed by atoms with E-state index in [0.29, 0.717) is 17.4 Å². The van der Waals surface area contributed by atoms with Gasteiger partial charge in [0.2, 0.25) is 5.75 Å². The molecular formula is C23H29NO4. The van der Waals surface area contributed by atoms with E-state index in [9.17, 15) is 0 Å².